The predicted molar refractivity (Wildman–Crippen MR) is 86.1 cm³/mol. The van der Waals surface area contributed by atoms with Crippen LogP contribution in [0, 0.1) is 17.8 Å². The summed E-state index contributed by atoms with van der Waals surface area (Å²) in [6, 6.07) is 2.02. The second-order valence-corrected chi connectivity index (χ2v) is 6.58. The first kappa shape index (κ1) is 14.4. The lowest BCUT2D eigenvalue weighted by atomic mass is 10.2. The van der Waals surface area contributed by atoms with Crippen molar-refractivity contribution in [3.8, 4) is 0 Å². The second-order valence-electron chi connectivity index (χ2n) is 6.58. The van der Waals surface area contributed by atoms with Crippen molar-refractivity contribution in [2.75, 3.05) is 45.2 Å². The summed E-state index contributed by atoms with van der Waals surface area (Å²) >= 11 is 0. The number of anilines is 1. The lowest BCUT2D eigenvalue weighted by Crippen LogP contribution is -2.33. The molecule has 0 aromatic carbocycles. The van der Waals surface area contributed by atoms with E-state index in [-0.39, 0.29) is 5.97 Å². The number of H-pyrrole nitrogens is 1. The molecule has 1 saturated carbocycles. The number of hydrogen-bond acceptors (Lipinski definition) is 6. The van der Waals surface area contributed by atoms with Crippen molar-refractivity contribution in [2.45, 2.75) is 0 Å². The van der Waals surface area contributed by atoms with E-state index in [4.69, 9.17) is 4.74 Å². The van der Waals surface area contributed by atoms with Gasteiger partial charge >= 0.3 is 5.97 Å². The van der Waals surface area contributed by atoms with Gasteiger partial charge in [-0.3, -0.25) is 9.69 Å². The monoisotopic (exact) mass is 315 g/mol. The average molecular weight is 315 g/mol. The SMILES string of the molecule is COC(=O)CN1C[C@@H]2C(CN(C)c3ncnc4[nH]ccc34)[C@@H]2C1. The Kier molecular flexibility index (Phi) is 3.45. The summed E-state index contributed by atoms with van der Waals surface area (Å²) in [6.07, 6.45) is 3.50. The Balaban J connectivity index is 1.36. The molecule has 2 aromatic heterocycles. The highest BCUT2D eigenvalue weighted by Gasteiger charge is 2.55. The molecule has 122 valence electrons. The molecular weight excluding hydrogens is 294 g/mol. The van der Waals surface area contributed by atoms with Gasteiger partial charge in [0.25, 0.3) is 0 Å². The Hall–Kier alpha value is -2.15. The summed E-state index contributed by atoms with van der Waals surface area (Å²) in [4.78, 5) is 27.6. The number of aromatic nitrogens is 3. The van der Waals surface area contributed by atoms with Gasteiger partial charge in [0, 0.05) is 32.9 Å². The number of ether oxygens (including phenoxy) is 1. The molecule has 3 heterocycles. The maximum absolute atomic E-state index is 11.3. The maximum atomic E-state index is 11.3. The molecule has 2 aliphatic rings. The van der Waals surface area contributed by atoms with Crippen LogP contribution in [-0.2, 0) is 9.53 Å². The van der Waals surface area contributed by atoms with Crippen LogP contribution in [0.25, 0.3) is 11.0 Å². The fourth-order valence-electron chi connectivity index (χ4n) is 3.95. The molecule has 2 fully saturated rings. The number of fused-ring (bicyclic) bond motifs is 2. The molecule has 1 aliphatic carbocycles. The number of carbonyl (C=O) groups excluding carboxylic acids is 1. The first-order valence-corrected chi connectivity index (χ1v) is 7.95. The van der Waals surface area contributed by atoms with Crippen molar-refractivity contribution in [1.82, 2.24) is 19.9 Å². The first-order valence-electron chi connectivity index (χ1n) is 7.95. The zero-order valence-electron chi connectivity index (χ0n) is 13.4. The van der Waals surface area contributed by atoms with Gasteiger partial charge in [0.15, 0.2) is 0 Å². The summed E-state index contributed by atoms with van der Waals surface area (Å²) in [7, 11) is 3.54. The van der Waals surface area contributed by atoms with E-state index >= 15 is 0 Å². The van der Waals surface area contributed by atoms with Gasteiger partial charge < -0.3 is 14.6 Å². The number of methoxy groups -OCH3 is 1. The molecule has 0 amide bonds. The number of rotatable bonds is 5. The van der Waals surface area contributed by atoms with E-state index in [1.54, 1.807) is 6.33 Å². The van der Waals surface area contributed by atoms with Gasteiger partial charge in [0.05, 0.1) is 19.0 Å². The quantitative estimate of drug-likeness (QED) is 0.821. The van der Waals surface area contributed by atoms with E-state index in [2.05, 4.69) is 31.8 Å². The lowest BCUT2D eigenvalue weighted by molar-refractivity contribution is -0.141. The molecule has 0 spiro atoms. The minimum Gasteiger partial charge on any atom is -0.468 e. The molecule has 1 N–H and O–H groups in total. The molecule has 4 rings (SSSR count). The smallest absolute Gasteiger partial charge is 0.319 e. The van der Waals surface area contributed by atoms with Gasteiger partial charge in [-0.15, -0.1) is 0 Å². The van der Waals surface area contributed by atoms with Gasteiger partial charge in [-0.1, -0.05) is 0 Å². The second kappa shape index (κ2) is 5.49. The summed E-state index contributed by atoms with van der Waals surface area (Å²) in [5, 5.41) is 1.06. The Labute approximate surface area is 134 Å². The summed E-state index contributed by atoms with van der Waals surface area (Å²) in [6.45, 7) is 3.42. The van der Waals surface area contributed by atoms with Crippen molar-refractivity contribution >= 4 is 22.8 Å². The van der Waals surface area contributed by atoms with Crippen LogP contribution in [0.3, 0.4) is 0 Å². The third-order valence-electron chi connectivity index (χ3n) is 5.21. The van der Waals surface area contributed by atoms with Crippen LogP contribution in [-0.4, -0.2) is 66.2 Å². The highest BCUT2D eigenvalue weighted by Crippen LogP contribution is 2.52. The van der Waals surface area contributed by atoms with Crippen molar-refractivity contribution in [2.24, 2.45) is 17.8 Å². The summed E-state index contributed by atoms with van der Waals surface area (Å²) in [5.74, 6) is 2.93. The Bertz CT molecular complexity index is 718. The summed E-state index contributed by atoms with van der Waals surface area (Å²) in [5.41, 5.74) is 0.877. The molecule has 1 aliphatic heterocycles. The highest BCUT2D eigenvalue weighted by atomic mass is 16.5. The van der Waals surface area contributed by atoms with Gasteiger partial charge in [0.1, 0.15) is 17.8 Å². The van der Waals surface area contributed by atoms with Crippen LogP contribution in [0.5, 0.6) is 0 Å². The largest absolute Gasteiger partial charge is 0.468 e. The molecule has 3 atom stereocenters. The van der Waals surface area contributed by atoms with Crippen molar-refractivity contribution < 1.29 is 9.53 Å². The van der Waals surface area contributed by atoms with Gasteiger partial charge in [0.2, 0.25) is 0 Å². The first-order chi connectivity index (χ1) is 11.2. The van der Waals surface area contributed by atoms with Crippen LogP contribution in [0.15, 0.2) is 18.6 Å². The molecule has 0 bridgehead atoms. The van der Waals surface area contributed by atoms with Crippen LogP contribution >= 0.6 is 0 Å². The average Bonchev–Trinajstić information content (AvgIpc) is 2.97. The molecule has 7 nitrogen and oxygen atoms in total. The fraction of sp³-hybridized carbons (Fsp3) is 0.562. The number of nitrogens with zero attached hydrogens (tertiary/aromatic N) is 4. The molecule has 2 aromatic rings. The minimum absolute atomic E-state index is 0.143. The Morgan fingerprint density at radius 2 is 2.22 bits per heavy atom. The third-order valence-corrected chi connectivity index (χ3v) is 5.21. The Morgan fingerprint density at radius 1 is 1.43 bits per heavy atom. The fourth-order valence-corrected chi connectivity index (χ4v) is 3.95. The van der Waals surface area contributed by atoms with E-state index in [0.717, 1.165) is 36.5 Å². The molecular formula is C16H21N5O2. The van der Waals surface area contributed by atoms with E-state index in [0.29, 0.717) is 24.3 Å². The molecule has 7 heteroatoms. The van der Waals surface area contributed by atoms with Crippen LogP contribution in [0.2, 0.25) is 0 Å². The van der Waals surface area contributed by atoms with Crippen molar-refractivity contribution in [3.63, 3.8) is 0 Å². The van der Waals surface area contributed by atoms with Crippen molar-refractivity contribution in [3.05, 3.63) is 18.6 Å². The zero-order valence-corrected chi connectivity index (χ0v) is 13.4. The van der Waals surface area contributed by atoms with E-state index in [1.807, 2.05) is 12.3 Å². The molecule has 0 radical (unpaired) electrons. The number of hydrogen-bond donors (Lipinski definition) is 1. The molecule has 1 unspecified atom stereocenters. The predicted octanol–water partition coefficient (Wildman–Crippen LogP) is 0.745. The van der Waals surface area contributed by atoms with Crippen LogP contribution < -0.4 is 4.90 Å². The number of aromatic amines is 1. The van der Waals surface area contributed by atoms with E-state index < -0.39 is 0 Å². The zero-order chi connectivity index (χ0) is 16.0. The number of esters is 1. The number of carbonyl (C=O) groups is 1. The van der Waals surface area contributed by atoms with E-state index in [9.17, 15) is 4.79 Å². The third kappa shape index (κ3) is 2.55. The van der Waals surface area contributed by atoms with Gasteiger partial charge in [-0.2, -0.15) is 0 Å². The topological polar surface area (TPSA) is 74.3 Å². The lowest BCUT2D eigenvalue weighted by Gasteiger charge is -2.22. The standard InChI is InChI=1S/C16H21N5O2/c1-20(16-10-3-4-17-15(10)18-9-19-16)5-11-12-6-21(7-13(11)12)8-14(22)23-2/h3-4,9,11-13H,5-8H2,1-2H3,(H,17,18,19)/t11?,12-,13+. The van der Waals surface area contributed by atoms with Crippen molar-refractivity contribution in [1.29, 1.82) is 0 Å². The normalized spacial score (nSPS) is 26.3. The number of piperidine rings is 1. The maximum Gasteiger partial charge on any atom is 0.319 e. The molecule has 23 heavy (non-hydrogen) atoms. The summed E-state index contributed by atoms with van der Waals surface area (Å²) < 4.78 is 4.74. The minimum atomic E-state index is -0.143. The highest BCUT2D eigenvalue weighted by molar-refractivity contribution is 5.87. The Morgan fingerprint density at radius 3 is 2.96 bits per heavy atom. The van der Waals surface area contributed by atoms with Crippen LogP contribution in [0.1, 0.15) is 0 Å². The number of nitrogens with one attached hydrogen (secondary N) is 1. The molecule has 1 saturated heterocycles. The number of likely N-dealkylation sites (tertiary alicyclic amines) is 1. The van der Waals surface area contributed by atoms with Gasteiger partial charge in [-0.25, -0.2) is 9.97 Å². The van der Waals surface area contributed by atoms with E-state index in [1.165, 1.54) is 7.11 Å². The van der Waals surface area contributed by atoms with Crippen LogP contribution in [0.4, 0.5) is 5.82 Å². The van der Waals surface area contributed by atoms with Gasteiger partial charge in [-0.05, 0) is 23.8 Å².